The molecule has 1 aromatic carbocycles. The maximum atomic E-state index is 12.3. The summed E-state index contributed by atoms with van der Waals surface area (Å²) in [4.78, 5) is 39.4. The third-order valence-electron chi connectivity index (χ3n) is 4.83. The van der Waals surface area contributed by atoms with Gasteiger partial charge in [0.05, 0.1) is 18.3 Å². The van der Waals surface area contributed by atoms with Gasteiger partial charge in [-0.25, -0.2) is 4.79 Å². The van der Waals surface area contributed by atoms with Gasteiger partial charge in [0.25, 0.3) is 11.5 Å². The fourth-order valence-corrected chi connectivity index (χ4v) is 3.14. The van der Waals surface area contributed by atoms with E-state index in [-0.39, 0.29) is 23.8 Å². The molecule has 1 amide bonds. The van der Waals surface area contributed by atoms with Gasteiger partial charge in [0.2, 0.25) is 0 Å². The summed E-state index contributed by atoms with van der Waals surface area (Å²) in [5.41, 5.74) is 1.66. The van der Waals surface area contributed by atoms with E-state index in [2.05, 4.69) is 10.3 Å². The van der Waals surface area contributed by atoms with Crippen LogP contribution in [0.2, 0.25) is 0 Å². The first-order chi connectivity index (χ1) is 14.4. The molecule has 9 heteroatoms. The lowest BCUT2D eigenvalue weighted by molar-refractivity contribution is -0.123. The van der Waals surface area contributed by atoms with Gasteiger partial charge >= 0.3 is 5.69 Å². The second kappa shape index (κ2) is 7.78. The fourth-order valence-electron chi connectivity index (χ4n) is 3.14. The Balaban J connectivity index is 1.45. The number of ether oxygens (including phenoxy) is 1. The van der Waals surface area contributed by atoms with Gasteiger partial charge in [-0.15, -0.1) is 0 Å². The van der Waals surface area contributed by atoms with Gasteiger partial charge in [-0.1, -0.05) is 0 Å². The number of benzene rings is 1. The average Bonchev–Trinajstić information content (AvgIpc) is 3.44. The summed E-state index contributed by atoms with van der Waals surface area (Å²) in [7, 11) is 3.07. The summed E-state index contributed by atoms with van der Waals surface area (Å²) in [6.45, 7) is 0.182. The molecule has 0 unspecified atom stereocenters. The Bertz CT molecular complexity index is 1310. The van der Waals surface area contributed by atoms with Crippen molar-refractivity contribution < 1.29 is 13.9 Å². The maximum absolute atomic E-state index is 12.3. The van der Waals surface area contributed by atoms with Crippen LogP contribution in [0.1, 0.15) is 5.76 Å². The smallest absolute Gasteiger partial charge is 0.331 e. The van der Waals surface area contributed by atoms with Crippen LogP contribution in [0.25, 0.3) is 22.3 Å². The van der Waals surface area contributed by atoms with E-state index in [1.165, 1.54) is 11.6 Å². The van der Waals surface area contributed by atoms with Gasteiger partial charge in [-0.3, -0.25) is 18.7 Å². The highest BCUT2D eigenvalue weighted by molar-refractivity contribution is 5.82. The van der Waals surface area contributed by atoms with E-state index >= 15 is 0 Å². The molecule has 3 heterocycles. The number of fused-ring (bicyclic) bond motifs is 1. The molecule has 2 N–H and O–H groups in total. The first-order valence-corrected chi connectivity index (χ1v) is 9.25. The molecule has 3 aromatic heterocycles. The minimum absolute atomic E-state index is 0.120. The lowest BCUT2D eigenvalue weighted by atomic mass is 10.1. The highest BCUT2D eigenvalue weighted by Crippen LogP contribution is 2.24. The quantitative estimate of drug-likeness (QED) is 0.503. The van der Waals surface area contributed by atoms with Gasteiger partial charge in [0.1, 0.15) is 17.0 Å². The number of aromatic nitrogens is 3. The fraction of sp³-hybridized carbons (Fsp3) is 0.190. The largest absolute Gasteiger partial charge is 0.484 e. The zero-order valence-corrected chi connectivity index (χ0v) is 16.5. The molecule has 0 spiro atoms. The molecular formula is C21H20N4O5. The lowest BCUT2D eigenvalue weighted by Crippen LogP contribution is -2.36. The molecular weight excluding hydrogens is 388 g/mol. The van der Waals surface area contributed by atoms with Crippen molar-refractivity contribution in [1.82, 2.24) is 19.4 Å². The van der Waals surface area contributed by atoms with E-state index in [9.17, 15) is 14.4 Å². The topological polar surface area (TPSA) is 111 Å². The van der Waals surface area contributed by atoms with E-state index in [1.807, 2.05) is 12.1 Å². The Morgan fingerprint density at radius 3 is 2.60 bits per heavy atom. The van der Waals surface area contributed by atoms with E-state index < -0.39 is 0 Å². The summed E-state index contributed by atoms with van der Waals surface area (Å²) in [5.74, 6) is 0.938. The number of rotatable bonds is 6. The molecule has 0 aliphatic carbocycles. The molecule has 0 radical (unpaired) electrons. The Morgan fingerprint density at radius 1 is 1.13 bits per heavy atom. The summed E-state index contributed by atoms with van der Waals surface area (Å²) in [6.07, 6.45) is 1.55. The van der Waals surface area contributed by atoms with Crippen LogP contribution in [0.4, 0.5) is 0 Å². The molecule has 4 aromatic rings. The number of carbonyl (C=O) groups is 1. The van der Waals surface area contributed by atoms with Crippen LogP contribution < -0.4 is 21.3 Å². The van der Waals surface area contributed by atoms with Crippen LogP contribution in [0, 0.1) is 0 Å². The van der Waals surface area contributed by atoms with Crippen molar-refractivity contribution in [3.63, 3.8) is 0 Å². The number of H-pyrrole nitrogens is 1. The molecule has 9 nitrogen and oxygen atoms in total. The van der Waals surface area contributed by atoms with Crippen LogP contribution >= 0.6 is 0 Å². The standard InChI is InChI=1S/C21H20N4O5/c1-24-17-10-16(23-19(17)20(27)25(2)21(24)28)13-5-7-14(8-6-13)30-12-18(26)22-11-15-4-3-9-29-15/h3-10,23H,11-12H2,1-2H3,(H,22,26). The second-order valence-corrected chi connectivity index (χ2v) is 6.82. The van der Waals surface area contributed by atoms with Crippen molar-refractivity contribution in [2.75, 3.05) is 6.61 Å². The van der Waals surface area contributed by atoms with Crippen molar-refractivity contribution in [2.24, 2.45) is 14.1 Å². The minimum Gasteiger partial charge on any atom is -0.484 e. The summed E-state index contributed by atoms with van der Waals surface area (Å²) in [6, 6.07) is 12.4. The van der Waals surface area contributed by atoms with Crippen molar-refractivity contribution in [3.8, 4) is 17.0 Å². The first kappa shape index (κ1) is 19.3. The normalized spacial score (nSPS) is 11.0. The zero-order valence-electron chi connectivity index (χ0n) is 16.5. The molecule has 0 saturated carbocycles. The third-order valence-corrected chi connectivity index (χ3v) is 4.83. The number of aryl methyl sites for hydroxylation is 1. The predicted molar refractivity (Wildman–Crippen MR) is 110 cm³/mol. The molecule has 0 fully saturated rings. The zero-order chi connectivity index (χ0) is 21.3. The summed E-state index contributed by atoms with van der Waals surface area (Å²) >= 11 is 0. The molecule has 0 aliphatic rings. The first-order valence-electron chi connectivity index (χ1n) is 9.25. The van der Waals surface area contributed by atoms with E-state index in [1.54, 1.807) is 43.6 Å². The lowest BCUT2D eigenvalue weighted by Gasteiger charge is -2.07. The van der Waals surface area contributed by atoms with E-state index in [0.29, 0.717) is 34.8 Å². The number of amides is 1. The molecule has 154 valence electrons. The number of nitrogens with zero attached hydrogens (tertiary/aromatic N) is 2. The molecule has 30 heavy (non-hydrogen) atoms. The average molecular weight is 408 g/mol. The van der Waals surface area contributed by atoms with Crippen molar-refractivity contribution in [1.29, 1.82) is 0 Å². The predicted octanol–water partition coefficient (Wildman–Crippen LogP) is 1.52. The van der Waals surface area contributed by atoms with Crippen LogP contribution in [0.5, 0.6) is 5.75 Å². The molecule has 0 bridgehead atoms. The molecule has 0 atom stereocenters. The molecule has 0 aliphatic heterocycles. The number of carbonyl (C=O) groups excluding carboxylic acids is 1. The minimum atomic E-state index is -0.382. The van der Waals surface area contributed by atoms with Crippen LogP contribution in [-0.2, 0) is 25.4 Å². The number of aromatic amines is 1. The Kier molecular flexibility index (Phi) is 5.01. The van der Waals surface area contributed by atoms with Gasteiger partial charge in [-0.05, 0) is 48.0 Å². The van der Waals surface area contributed by atoms with Crippen molar-refractivity contribution >= 4 is 16.9 Å². The SMILES string of the molecule is Cn1c(=O)c2[nH]c(-c3ccc(OCC(=O)NCc4ccco4)cc3)cc2n(C)c1=O. The number of nitrogens with one attached hydrogen (secondary N) is 2. The highest BCUT2D eigenvalue weighted by atomic mass is 16.5. The monoisotopic (exact) mass is 408 g/mol. The highest BCUT2D eigenvalue weighted by Gasteiger charge is 2.13. The Morgan fingerprint density at radius 2 is 1.90 bits per heavy atom. The van der Waals surface area contributed by atoms with Gasteiger partial charge in [-0.2, -0.15) is 0 Å². The van der Waals surface area contributed by atoms with Gasteiger partial charge in [0.15, 0.2) is 6.61 Å². The summed E-state index contributed by atoms with van der Waals surface area (Å²) in [5, 5.41) is 2.70. The van der Waals surface area contributed by atoms with Crippen LogP contribution in [0.15, 0.2) is 62.7 Å². The number of hydrogen-bond acceptors (Lipinski definition) is 5. The molecule has 4 rings (SSSR count). The van der Waals surface area contributed by atoms with E-state index in [0.717, 1.165) is 10.1 Å². The summed E-state index contributed by atoms with van der Waals surface area (Å²) < 4.78 is 13.2. The van der Waals surface area contributed by atoms with Crippen molar-refractivity contribution in [3.05, 3.63) is 75.3 Å². The third kappa shape index (κ3) is 3.64. The maximum Gasteiger partial charge on any atom is 0.331 e. The van der Waals surface area contributed by atoms with Gasteiger partial charge < -0.3 is 19.5 Å². The van der Waals surface area contributed by atoms with Crippen molar-refractivity contribution in [2.45, 2.75) is 6.54 Å². The number of furan rings is 1. The van der Waals surface area contributed by atoms with E-state index in [4.69, 9.17) is 9.15 Å². The van der Waals surface area contributed by atoms with Gasteiger partial charge in [0, 0.05) is 19.8 Å². The second-order valence-electron chi connectivity index (χ2n) is 6.82. The number of hydrogen-bond donors (Lipinski definition) is 2. The Labute approximate surface area is 170 Å². The van der Waals surface area contributed by atoms with Crippen LogP contribution in [-0.4, -0.2) is 26.6 Å². The Hall–Kier alpha value is -4.01. The molecule has 0 saturated heterocycles. The van der Waals surface area contributed by atoms with Crippen LogP contribution in [0.3, 0.4) is 0 Å².